The summed E-state index contributed by atoms with van der Waals surface area (Å²) in [4.78, 5) is 43.4. The number of rotatable bonds is 8. The number of amides is 1. The predicted octanol–water partition coefficient (Wildman–Crippen LogP) is 4.20. The van der Waals surface area contributed by atoms with E-state index < -0.39 is 29.4 Å². The van der Waals surface area contributed by atoms with Crippen LogP contribution in [-0.2, 0) is 17.5 Å². The molecule has 2 fully saturated rings. The highest BCUT2D eigenvalue weighted by atomic mass is 32.1. The first-order chi connectivity index (χ1) is 20.0. The minimum Gasteiger partial charge on any atom is -0.480 e. The Morgan fingerprint density at radius 3 is 2.48 bits per heavy atom. The molecule has 224 valence electrons. The van der Waals surface area contributed by atoms with Gasteiger partial charge in [0.05, 0.1) is 30.2 Å². The smallest absolute Gasteiger partial charge is 0.416 e. The number of carboxylic acids is 1. The van der Waals surface area contributed by atoms with Crippen LogP contribution in [0.2, 0.25) is 0 Å². The van der Waals surface area contributed by atoms with Gasteiger partial charge in [0.25, 0.3) is 5.91 Å². The molecule has 15 heteroatoms. The fourth-order valence-corrected chi connectivity index (χ4v) is 6.13. The van der Waals surface area contributed by atoms with E-state index in [1.165, 1.54) is 12.4 Å². The first kappa shape index (κ1) is 29.8. The number of thiazole rings is 1. The number of nitrogens with zero attached hydrogens (tertiary/aromatic N) is 6. The molecule has 0 spiro atoms. The van der Waals surface area contributed by atoms with Crippen LogP contribution in [0.25, 0.3) is 11.3 Å². The summed E-state index contributed by atoms with van der Waals surface area (Å²) < 4.78 is 54.6. The van der Waals surface area contributed by atoms with E-state index in [0.717, 1.165) is 42.9 Å². The van der Waals surface area contributed by atoms with Gasteiger partial charge < -0.3 is 10.0 Å². The van der Waals surface area contributed by atoms with Gasteiger partial charge in [-0.3, -0.25) is 24.7 Å². The molecule has 2 N–H and O–H groups in total. The number of likely N-dealkylation sites (tertiary alicyclic amines) is 1. The largest absolute Gasteiger partial charge is 0.480 e. The average Bonchev–Trinajstić information content (AvgIpc) is 3.53. The van der Waals surface area contributed by atoms with Crippen LogP contribution in [-0.4, -0.2) is 87.0 Å². The molecular weight excluding hydrogens is 578 g/mol. The fraction of sp³-hybridized carbons (Fsp3) is 0.444. The molecule has 1 amide bonds. The highest BCUT2D eigenvalue weighted by Gasteiger charge is 2.32. The Bertz CT molecular complexity index is 1440. The summed E-state index contributed by atoms with van der Waals surface area (Å²) in [5.74, 6) is -1.97. The van der Waals surface area contributed by atoms with E-state index in [2.05, 4.69) is 32.1 Å². The number of carboxylic acid groups (broad SMARTS) is 1. The number of aromatic nitrogens is 3. The van der Waals surface area contributed by atoms with Crippen LogP contribution in [0.1, 0.15) is 40.7 Å². The Morgan fingerprint density at radius 1 is 1.10 bits per heavy atom. The molecule has 0 unspecified atom stereocenters. The topological polar surface area (TPSA) is 115 Å². The minimum atomic E-state index is -4.73. The van der Waals surface area contributed by atoms with Crippen LogP contribution in [0.3, 0.4) is 0 Å². The third kappa shape index (κ3) is 7.02. The lowest BCUT2D eigenvalue weighted by Gasteiger charge is -2.34. The van der Waals surface area contributed by atoms with Gasteiger partial charge in [0.15, 0.2) is 5.13 Å². The summed E-state index contributed by atoms with van der Waals surface area (Å²) in [5, 5.41) is 11.8. The number of nitrogens with one attached hydrogen (secondary N) is 1. The van der Waals surface area contributed by atoms with Gasteiger partial charge in [-0.25, -0.2) is 19.3 Å². The van der Waals surface area contributed by atoms with Crippen LogP contribution < -0.4 is 10.2 Å². The second-order valence-electron chi connectivity index (χ2n) is 10.3. The normalized spacial score (nSPS) is 18.4. The molecule has 2 aliphatic heterocycles. The van der Waals surface area contributed by atoms with E-state index in [0.29, 0.717) is 49.5 Å². The summed E-state index contributed by atoms with van der Waals surface area (Å²) in [6.45, 7) is 5.47. The second-order valence-corrected chi connectivity index (χ2v) is 11.4. The molecule has 2 aromatic heterocycles. The quantitative estimate of drug-likeness (QED) is 0.364. The van der Waals surface area contributed by atoms with E-state index in [1.54, 1.807) is 0 Å². The minimum absolute atomic E-state index is 0.0137. The SMILES string of the molecule is C[C@@H]1CCCN1Cc1sc(NC(=O)c2cnc(N3CCN(CC(=O)O)CC3)cn2)nc1-c1cc(F)cc(C(F)(F)F)c1. The maximum absolute atomic E-state index is 14.3. The number of anilines is 2. The van der Waals surface area contributed by atoms with Crippen LogP contribution >= 0.6 is 11.3 Å². The lowest BCUT2D eigenvalue weighted by molar-refractivity contribution is -0.139. The van der Waals surface area contributed by atoms with E-state index in [1.807, 2.05) is 9.80 Å². The van der Waals surface area contributed by atoms with E-state index >= 15 is 0 Å². The Balaban J connectivity index is 1.34. The molecule has 2 aliphatic rings. The zero-order valence-electron chi connectivity index (χ0n) is 22.7. The number of hydrogen-bond acceptors (Lipinski definition) is 9. The lowest BCUT2D eigenvalue weighted by Crippen LogP contribution is -2.48. The van der Waals surface area contributed by atoms with E-state index in [9.17, 15) is 27.2 Å². The van der Waals surface area contributed by atoms with Crippen LogP contribution in [0.4, 0.5) is 28.5 Å². The van der Waals surface area contributed by atoms with Crippen molar-refractivity contribution in [3.05, 3.63) is 52.5 Å². The molecule has 0 saturated carbocycles. The van der Waals surface area contributed by atoms with Crippen molar-refractivity contribution in [2.75, 3.05) is 49.5 Å². The van der Waals surface area contributed by atoms with E-state index in [4.69, 9.17) is 5.11 Å². The van der Waals surface area contributed by atoms with Crippen LogP contribution in [0.5, 0.6) is 0 Å². The van der Waals surface area contributed by atoms with Gasteiger partial charge in [-0.05, 0) is 44.5 Å². The standard InChI is InChI=1S/C27H29F4N7O3S/c1-16-3-2-4-38(16)14-21-24(17-9-18(27(29,30)31)11-19(28)10-17)34-26(42-21)35-25(41)20-12-33-22(13-32-20)37-7-5-36(6-8-37)15-23(39)40/h9-13,16H,2-8,14-15H2,1H3,(H,39,40)(H,34,35,41)/t16-/m1/s1. The molecule has 0 radical (unpaired) electrons. The lowest BCUT2D eigenvalue weighted by atomic mass is 10.1. The van der Waals surface area contributed by atoms with Crippen molar-refractivity contribution in [3.63, 3.8) is 0 Å². The Hall–Kier alpha value is -3.69. The van der Waals surface area contributed by atoms with Gasteiger partial charge in [-0.1, -0.05) is 11.3 Å². The number of carbonyl (C=O) groups is 2. The maximum atomic E-state index is 14.3. The van der Waals surface area contributed by atoms with Gasteiger partial charge in [0, 0.05) is 49.2 Å². The molecular formula is C27H29F4N7O3S. The Labute approximate surface area is 243 Å². The zero-order valence-corrected chi connectivity index (χ0v) is 23.5. The Morgan fingerprint density at radius 2 is 1.86 bits per heavy atom. The third-order valence-electron chi connectivity index (χ3n) is 7.38. The first-order valence-corrected chi connectivity index (χ1v) is 14.2. The number of halogens is 4. The molecule has 4 heterocycles. The number of carbonyl (C=O) groups excluding carboxylic acids is 1. The summed E-state index contributed by atoms with van der Waals surface area (Å²) in [6.07, 6.45) is 0.0231. The van der Waals surface area contributed by atoms with Gasteiger partial charge in [-0.2, -0.15) is 13.2 Å². The first-order valence-electron chi connectivity index (χ1n) is 13.4. The van der Waals surface area contributed by atoms with Gasteiger partial charge in [-0.15, -0.1) is 0 Å². The molecule has 1 atom stereocenters. The second kappa shape index (κ2) is 12.3. The number of piperazine rings is 1. The van der Waals surface area contributed by atoms with Crippen molar-refractivity contribution in [2.45, 2.75) is 38.5 Å². The molecule has 1 aromatic carbocycles. The highest BCUT2D eigenvalue weighted by molar-refractivity contribution is 7.16. The number of aliphatic carboxylic acids is 1. The summed E-state index contributed by atoms with van der Waals surface area (Å²) in [5.41, 5.74) is -0.938. The highest BCUT2D eigenvalue weighted by Crippen LogP contribution is 2.37. The number of hydrogen-bond donors (Lipinski definition) is 2. The molecule has 3 aromatic rings. The van der Waals surface area contributed by atoms with E-state index in [-0.39, 0.29) is 34.7 Å². The molecule has 0 aliphatic carbocycles. The maximum Gasteiger partial charge on any atom is 0.416 e. The van der Waals surface area contributed by atoms with Crippen LogP contribution in [0, 0.1) is 5.82 Å². The average molecular weight is 608 g/mol. The molecule has 10 nitrogen and oxygen atoms in total. The summed E-state index contributed by atoms with van der Waals surface area (Å²) in [7, 11) is 0. The molecule has 2 saturated heterocycles. The fourth-order valence-electron chi connectivity index (χ4n) is 5.13. The molecule has 5 rings (SSSR count). The number of alkyl halides is 3. The monoisotopic (exact) mass is 607 g/mol. The van der Waals surface area contributed by atoms with Crippen molar-refractivity contribution >= 4 is 34.2 Å². The molecule has 0 bridgehead atoms. The van der Waals surface area contributed by atoms with Crippen molar-refractivity contribution in [1.29, 1.82) is 0 Å². The van der Waals surface area contributed by atoms with Crippen LogP contribution in [0.15, 0.2) is 30.6 Å². The van der Waals surface area contributed by atoms with Crippen molar-refractivity contribution < 1.29 is 32.3 Å². The molecule has 42 heavy (non-hydrogen) atoms. The van der Waals surface area contributed by atoms with Gasteiger partial charge >= 0.3 is 12.1 Å². The number of benzene rings is 1. The summed E-state index contributed by atoms with van der Waals surface area (Å²) in [6, 6.07) is 2.59. The summed E-state index contributed by atoms with van der Waals surface area (Å²) >= 11 is 1.12. The van der Waals surface area contributed by atoms with Crippen molar-refractivity contribution in [1.82, 2.24) is 24.8 Å². The third-order valence-corrected chi connectivity index (χ3v) is 8.34. The Kier molecular flexibility index (Phi) is 8.70. The van der Waals surface area contributed by atoms with Gasteiger partial charge in [0.2, 0.25) is 0 Å². The zero-order chi connectivity index (χ0) is 30.0. The van der Waals surface area contributed by atoms with Crippen molar-refractivity contribution in [2.24, 2.45) is 0 Å². The van der Waals surface area contributed by atoms with Gasteiger partial charge in [0.1, 0.15) is 17.3 Å². The predicted molar refractivity (Wildman–Crippen MR) is 148 cm³/mol. The van der Waals surface area contributed by atoms with Crippen molar-refractivity contribution in [3.8, 4) is 11.3 Å².